The largest absolute Gasteiger partial charge is 0.504 e. The number of carbonyl (C=O) groups is 1. The fourth-order valence-corrected chi connectivity index (χ4v) is 3.54. The van der Waals surface area contributed by atoms with Crippen LogP contribution < -0.4 is 4.74 Å². The molecule has 142 valence electrons. The summed E-state index contributed by atoms with van der Waals surface area (Å²) in [6, 6.07) is 5.12. The number of hydrogen-bond donors (Lipinski definition) is 1. The summed E-state index contributed by atoms with van der Waals surface area (Å²) in [6.07, 6.45) is 5.94. The van der Waals surface area contributed by atoms with Crippen molar-refractivity contribution < 1.29 is 14.6 Å². The van der Waals surface area contributed by atoms with E-state index in [1.54, 1.807) is 23.1 Å². The molecule has 26 heavy (non-hydrogen) atoms. The third-order valence-electron chi connectivity index (χ3n) is 3.96. The lowest BCUT2D eigenvalue weighted by Crippen LogP contribution is -2.30. The molecule has 6 heteroatoms. The number of ether oxygens (including phenoxy) is 1. The van der Waals surface area contributed by atoms with Gasteiger partial charge in [-0.05, 0) is 55.3 Å². The average molecular weight is 377 g/mol. The van der Waals surface area contributed by atoms with Crippen molar-refractivity contribution in [2.45, 2.75) is 46.5 Å². The number of rotatable bonds is 9. The summed E-state index contributed by atoms with van der Waals surface area (Å²) in [4.78, 5) is 19.9. The van der Waals surface area contributed by atoms with Gasteiger partial charge in [-0.2, -0.15) is 0 Å². The minimum absolute atomic E-state index is 0.00438. The fourth-order valence-electron chi connectivity index (χ4n) is 2.52. The summed E-state index contributed by atoms with van der Waals surface area (Å²) in [5.74, 6) is 0.535. The minimum Gasteiger partial charge on any atom is -0.504 e. The van der Waals surface area contributed by atoms with Gasteiger partial charge in [-0.25, -0.2) is 0 Å². The summed E-state index contributed by atoms with van der Waals surface area (Å²) in [6.45, 7) is 8.03. The van der Waals surface area contributed by atoms with Gasteiger partial charge in [0.05, 0.1) is 11.5 Å². The van der Waals surface area contributed by atoms with E-state index in [9.17, 15) is 9.90 Å². The number of aliphatic imine (C=N–C) groups is 1. The van der Waals surface area contributed by atoms with E-state index in [1.165, 1.54) is 11.8 Å². The van der Waals surface area contributed by atoms with E-state index >= 15 is 0 Å². The fraction of sp³-hybridized carbons (Fsp3) is 0.500. The van der Waals surface area contributed by atoms with Crippen molar-refractivity contribution in [2.24, 2.45) is 4.99 Å². The maximum atomic E-state index is 12.8. The first kappa shape index (κ1) is 20.4. The Balaban J connectivity index is 2.25. The number of benzene rings is 1. The lowest BCUT2D eigenvalue weighted by atomic mass is 10.2. The van der Waals surface area contributed by atoms with Crippen LogP contribution in [0.2, 0.25) is 0 Å². The lowest BCUT2D eigenvalue weighted by Gasteiger charge is -2.14. The molecule has 1 fully saturated rings. The van der Waals surface area contributed by atoms with Crippen LogP contribution >= 0.6 is 11.8 Å². The van der Waals surface area contributed by atoms with Gasteiger partial charge in [-0.15, -0.1) is 0 Å². The highest BCUT2D eigenvalue weighted by molar-refractivity contribution is 8.18. The Bertz CT molecular complexity index is 686. The number of unbranched alkanes of at least 4 members (excludes halogenated alkanes) is 2. The Labute approximate surface area is 160 Å². The Hall–Kier alpha value is -1.95. The second-order valence-electron chi connectivity index (χ2n) is 6.10. The normalized spacial score (nSPS) is 17.5. The molecule has 1 aromatic carbocycles. The second kappa shape index (κ2) is 10.3. The SMILES string of the molecule is CCCCN=C1SC(=Cc2ccc(O)c(OCC)c2)C(=O)N1CCCC. The zero-order valence-electron chi connectivity index (χ0n) is 15.8. The van der Waals surface area contributed by atoms with Crippen LogP contribution in [0.4, 0.5) is 0 Å². The van der Waals surface area contributed by atoms with Gasteiger partial charge in [0.15, 0.2) is 16.7 Å². The van der Waals surface area contributed by atoms with Crippen molar-refractivity contribution in [3.63, 3.8) is 0 Å². The van der Waals surface area contributed by atoms with Gasteiger partial charge >= 0.3 is 0 Å². The molecule has 0 atom stereocenters. The molecule has 1 saturated heterocycles. The van der Waals surface area contributed by atoms with Gasteiger partial charge in [-0.3, -0.25) is 14.7 Å². The number of nitrogens with zero attached hydrogens (tertiary/aromatic N) is 2. The van der Waals surface area contributed by atoms with Crippen LogP contribution in [0.1, 0.15) is 52.0 Å². The van der Waals surface area contributed by atoms with Gasteiger partial charge in [0.2, 0.25) is 0 Å². The van der Waals surface area contributed by atoms with Gasteiger partial charge < -0.3 is 9.84 Å². The smallest absolute Gasteiger partial charge is 0.266 e. The number of carbonyl (C=O) groups excluding carboxylic acids is 1. The number of thioether (sulfide) groups is 1. The molecular formula is C20H28N2O3S. The number of phenols is 1. The van der Waals surface area contributed by atoms with Crippen LogP contribution in [-0.2, 0) is 4.79 Å². The quantitative estimate of drug-likeness (QED) is 0.503. The number of aromatic hydroxyl groups is 1. The molecule has 0 unspecified atom stereocenters. The standard InChI is InChI=1S/C20H28N2O3S/c1-4-7-11-21-20-22(12-8-5-2)19(24)18(26-20)14-15-9-10-16(23)17(13-15)25-6-3/h9-10,13-14,23H,4-8,11-12H2,1-3H3. The monoisotopic (exact) mass is 376 g/mol. The van der Waals surface area contributed by atoms with E-state index in [0.717, 1.165) is 43.0 Å². The van der Waals surface area contributed by atoms with Gasteiger partial charge in [0, 0.05) is 13.1 Å². The van der Waals surface area contributed by atoms with E-state index in [1.807, 2.05) is 13.0 Å². The molecule has 0 radical (unpaired) electrons. The van der Waals surface area contributed by atoms with E-state index in [-0.39, 0.29) is 11.7 Å². The van der Waals surface area contributed by atoms with Crippen molar-refractivity contribution in [1.29, 1.82) is 0 Å². The number of amidine groups is 1. The Morgan fingerprint density at radius 1 is 1.23 bits per heavy atom. The Morgan fingerprint density at radius 2 is 2.00 bits per heavy atom. The molecule has 0 aromatic heterocycles. The topological polar surface area (TPSA) is 62.1 Å². The van der Waals surface area contributed by atoms with E-state index in [4.69, 9.17) is 4.74 Å². The minimum atomic E-state index is 0.00438. The maximum absolute atomic E-state index is 12.8. The van der Waals surface area contributed by atoms with Crippen LogP contribution in [0.3, 0.4) is 0 Å². The maximum Gasteiger partial charge on any atom is 0.266 e. The van der Waals surface area contributed by atoms with E-state index in [2.05, 4.69) is 18.8 Å². The highest BCUT2D eigenvalue weighted by Gasteiger charge is 2.32. The molecule has 0 bridgehead atoms. The molecule has 0 saturated carbocycles. The highest BCUT2D eigenvalue weighted by Crippen LogP contribution is 2.34. The van der Waals surface area contributed by atoms with Gasteiger partial charge in [-0.1, -0.05) is 32.8 Å². The van der Waals surface area contributed by atoms with Gasteiger partial charge in [0.1, 0.15) is 0 Å². The van der Waals surface area contributed by atoms with Crippen molar-refractivity contribution in [2.75, 3.05) is 19.7 Å². The number of amides is 1. The zero-order chi connectivity index (χ0) is 18.9. The predicted octanol–water partition coefficient (Wildman–Crippen LogP) is 4.66. The molecule has 1 heterocycles. The Morgan fingerprint density at radius 3 is 2.69 bits per heavy atom. The summed E-state index contributed by atoms with van der Waals surface area (Å²) in [7, 11) is 0. The van der Waals surface area contributed by atoms with Crippen molar-refractivity contribution in [1.82, 2.24) is 4.90 Å². The summed E-state index contributed by atoms with van der Waals surface area (Å²) in [5, 5.41) is 10.6. The third-order valence-corrected chi connectivity index (χ3v) is 5.01. The number of hydrogen-bond acceptors (Lipinski definition) is 5. The van der Waals surface area contributed by atoms with Crippen LogP contribution in [0.5, 0.6) is 11.5 Å². The predicted molar refractivity (Wildman–Crippen MR) is 109 cm³/mol. The molecule has 0 spiro atoms. The van der Waals surface area contributed by atoms with Crippen molar-refractivity contribution in [3.8, 4) is 11.5 Å². The molecule has 1 N–H and O–H groups in total. The molecule has 5 nitrogen and oxygen atoms in total. The molecule has 0 aliphatic carbocycles. The highest BCUT2D eigenvalue weighted by atomic mass is 32.2. The van der Waals surface area contributed by atoms with E-state index < -0.39 is 0 Å². The summed E-state index contributed by atoms with van der Waals surface area (Å²) < 4.78 is 5.42. The lowest BCUT2D eigenvalue weighted by molar-refractivity contribution is -0.122. The van der Waals surface area contributed by atoms with Crippen LogP contribution in [0.15, 0.2) is 28.1 Å². The molecule has 1 aliphatic rings. The van der Waals surface area contributed by atoms with Crippen molar-refractivity contribution in [3.05, 3.63) is 28.7 Å². The van der Waals surface area contributed by atoms with Crippen molar-refractivity contribution >= 4 is 28.9 Å². The second-order valence-corrected chi connectivity index (χ2v) is 7.11. The Kier molecular flexibility index (Phi) is 8.04. The molecule has 2 rings (SSSR count). The molecule has 1 amide bonds. The first-order valence-electron chi connectivity index (χ1n) is 9.32. The molecular weight excluding hydrogens is 348 g/mol. The third kappa shape index (κ3) is 5.27. The van der Waals surface area contributed by atoms with E-state index in [0.29, 0.717) is 23.8 Å². The number of phenolic OH excluding ortho intramolecular Hbond substituents is 1. The molecule has 1 aliphatic heterocycles. The van der Waals surface area contributed by atoms with Crippen LogP contribution in [0.25, 0.3) is 6.08 Å². The first-order valence-corrected chi connectivity index (χ1v) is 10.1. The average Bonchev–Trinajstić information content (AvgIpc) is 2.91. The van der Waals surface area contributed by atoms with Crippen LogP contribution in [-0.4, -0.2) is 40.8 Å². The molecule has 1 aromatic rings. The summed E-state index contributed by atoms with van der Waals surface area (Å²) in [5.41, 5.74) is 0.826. The first-order chi connectivity index (χ1) is 12.6. The summed E-state index contributed by atoms with van der Waals surface area (Å²) >= 11 is 1.43. The van der Waals surface area contributed by atoms with Gasteiger partial charge in [0.25, 0.3) is 5.91 Å². The van der Waals surface area contributed by atoms with Crippen LogP contribution in [0, 0.1) is 0 Å². The zero-order valence-corrected chi connectivity index (χ0v) is 16.6.